The van der Waals surface area contributed by atoms with Crippen LogP contribution in [0.2, 0.25) is 0 Å². The molecule has 4 nitrogen and oxygen atoms in total. The predicted molar refractivity (Wildman–Crippen MR) is 90.7 cm³/mol. The van der Waals surface area contributed by atoms with Gasteiger partial charge < -0.3 is 9.47 Å². The van der Waals surface area contributed by atoms with E-state index in [1.54, 1.807) is 15.9 Å². The van der Waals surface area contributed by atoms with Crippen LogP contribution in [0.3, 0.4) is 0 Å². The molecule has 3 rings (SSSR count). The maximum Gasteiger partial charge on any atom is 0.307 e. The highest BCUT2D eigenvalue weighted by Crippen LogP contribution is 2.35. The van der Waals surface area contributed by atoms with Crippen LogP contribution >= 0.6 is 22.7 Å². The van der Waals surface area contributed by atoms with Gasteiger partial charge in [-0.3, -0.25) is 9.59 Å². The van der Waals surface area contributed by atoms with Gasteiger partial charge in [0, 0.05) is 35.5 Å². The first-order valence-electron chi connectivity index (χ1n) is 7.62. The van der Waals surface area contributed by atoms with E-state index >= 15 is 0 Å². The van der Waals surface area contributed by atoms with Crippen molar-refractivity contribution in [3.63, 3.8) is 0 Å². The highest BCUT2D eigenvalue weighted by molar-refractivity contribution is 7.10. The van der Waals surface area contributed by atoms with Crippen molar-refractivity contribution in [3.05, 3.63) is 42.6 Å². The largest absolute Gasteiger partial charge is 0.335 e. The number of thiophene rings is 1. The molecule has 118 valence electrons. The molecule has 0 bridgehead atoms. The lowest BCUT2D eigenvalue weighted by molar-refractivity contribution is -0.134. The minimum atomic E-state index is 0.0242. The van der Waals surface area contributed by atoms with Gasteiger partial charge in [-0.05, 0) is 36.8 Å². The zero-order valence-electron chi connectivity index (χ0n) is 12.9. The quantitative estimate of drug-likeness (QED) is 0.860. The SMILES string of the molecule is CC[C@@H]1c2ccsc2CCN1C(=O)CCn1c(C)csc1=O. The number of carbonyl (C=O) groups is 1. The van der Waals surface area contributed by atoms with Crippen molar-refractivity contribution in [2.45, 2.75) is 45.7 Å². The van der Waals surface area contributed by atoms with Crippen molar-refractivity contribution in [2.75, 3.05) is 6.54 Å². The molecule has 3 heterocycles. The second kappa shape index (κ2) is 6.38. The Morgan fingerprint density at radius 3 is 2.91 bits per heavy atom. The summed E-state index contributed by atoms with van der Waals surface area (Å²) in [4.78, 5) is 27.8. The van der Waals surface area contributed by atoms with Gasteiger partial charge in [0.05, 0.1) is 6.04 Å². The van der Waals surface area contributed by atoms with Gasteiger partial charge >= 0.3 is 4.87 Å². The van der Waals surface area contributed by atoms with Crippen molar-refractivity contribution in [2.24, 2.45) is 0 Å². The van der Waals surface area contributed by atoms with Crippen LogP contribution in [0.5, 0.6) is 0 Å². The molecule has 2 aromatic rings. The monoisotopic (exact) mass is 336 g/mol. The van der Waals surface area contributed by atoms with Crippen LogP contribution in [0, 0.1) is 6.92 Å². The number of hydrogen-bond acceptors (Lipinski definition) is 4. The summed E-state index contributed by atoms with van der Waals surface area (Å²) in [6, 6.07) is 2.35. The fourth-order valence-corrected chi connectivity index (χ4v) is 4.85. The summed E-state index contributed by atoms with van der Waals surface area (Å²) in [7, 11) is 0. The summed E-state index contributed by atoms with van der Waals surface area (Å²) in [5.41, 5.74) is 2.25. The number of thiazole rings is 1. The minimum absolute atomic E-state index is 0.0242. The number of aryl methyl sites for hydroxylation is 1. The molecule has 0 aromatic carbocycles. The van der Waals surface area contributed by atoms with Crippen molar-refractivity contribution in [1.82, 2.24) is 9.47 Å². The number of aromatic nitrogens is 1. The highest BCUT2D eigenvalue weighted by Gasteiger charge is 2.29. The van der Waals surface area contributed by atoms with Gasteiger partial charge in [0.15, 0.2) is 0 Å². The van der Waals surface area contributed by atoms with Crippen LogP contribution in [0.1, 0.15) is 41.9 Å². The van der Waals surface area contributed by atoms with Crippen LogP contribution < -0.4 is 4.87 Å². The Labute approximate surface area is 138 Å². The van der Waals surface area contributed by atoms with Crippen LogP contribution in [0.4, 0.5) is 0 Å². The fourth-order valence-electron chi connectivity index (χ4n) is 3.16. The smallest absolute Gasteiger partial charge is 0.307 e. The van der Waals surface area contributed by atoms with Gasteiger partial charge in [0.2, 0.25) is 5.91 Å². The molecule has 6 heteroatoms. The Balaban J connectivity index is 1.71. The molecule has 1 atom stereocenters. The first kappa shape index (κ1) is 15.5. The zero-order valence-corrected chi connectivity index (χ0v) is 14.5. The molecule has 0 aliphatic carbocycles. The Bertz CT molecular complexity index is 729. The highest BCUT2D eigenvalue weighted by atomic mass is 32.1. The minimum Gasteiger partial charge on any atom is -0.335 e. The summed E-state index contributed by atoms with van der Waals surface area (Å²) in [5, 5.41) is 3.97. The van der Waals surface area contributed by atoms with Gasteiger partial charge in [-0.1, -0.05) is 18.3 Å². The van der Waals surface area contributed by atoms with Gasteiger partial charge in [-0.15, -0.1) is 11.3 Å². The molecule has 0 spiro atoms. The third kappa shape index (κ3) is 2.77. The Kier molecular flexibility index (Phi) is 4.49. The van der Waals surface area contributed by atoms with Crippen molar-refractivity contribution < 1.29 is 4.79 Å². The fraction of sp³-hybridized carbons (Fsp3) is 0.500. The van der Waals surface area contributed by atoms with Crippen molar-refractivity contribution >= 4 is 28.6 Å². The van der Waals surface area contributed by atoms with Crippen molar-refractivity contribution in [1.29, 1.82) is 0 Å². The second-order valence-corrected chi connectivity index (χ2v) is 7.43. The van der Waals surface area contributed by atoms with E-state index in [2.05, 4.69) is 18.4 Å². The number of carbonyl (C=O) groups excluding carboxylic acids is 1. The number of rotatable bonds is 4. The van der Waals surface area contributed by atoms with Crippen LogP contribution in [-0.4, -0.2) is 21.9 Å². The summed E-state index contributed by atoms with van der Waals surface area (Å²) < 4.78 is 1.70. The van der Waals surface area contributed by atoms with Gasteiger partial charge in [-0.25, -0.2) is 0 Å². The third-order valence-corrected chi connectivity index (χ3v) is 6.21. The van der Waals surface area contributed by atoms with E-state index in [9.17, 15) is 9.59 Å². The summed E-state index contributed by atoms with van der Waals surface area (Å²) in [5.74, 6) is 0.154. The number of fused-ring (bicyclic) bond motifs is 1. The van der Waals surface area contributed by atoms with Crippen LogP contribution in [0.25, 0.3) is 0 Å². The van der Waals surface area contributed by atoms with E-state index in [1.807, 2.05) is 17.2 Å². The summed E-state index contributed by atoms with van der Waals surface area (Å²) in [6.07, 6.45) is 2.28. The van der Waals surface area contributed by atoms with E-state index in [0.29, 0.717) is 13.0 Å². The number of nitrogens with zero attached hydrogens (tertiary/aromatic N) is 2. The van der Waals surface area contributed by atoms with Gasteiger partial charge in [0.1, 0.15) is 0 Å². The molecule has 0 N–H and O–H groups in total. The van der Waals surface area contributed by atoms with E-state index in [4.69, 9.17) is 0 Å². The lowest BCUT2D eigenvalue weighted by Gasteiger charge is -2.35. The van der Waals surface area contributed by atoms with Crippen LogP contribution in [-0.2, 0) is 17.8 Å². The first-order chi connectivity index (χ1) is 10.6. The molecule has 0 fully saturated rings. The normalized spacial score (nSPS) is 17.5. The molecule has 1 aliphatic rings. The maximum absolute atomic E-state index is 12.6. The van der Waals surface area contributed by atoms with Crippen LogP contribution in [0.15, 0.2) is 21.6 Å². The molecule has 1 aliphatic heterocycles. The average molecular weight is 336 g/mol. The number of amides is 1. The van der Waals surface area contributed by atoms with Crippen molar-refractivity contribution in [3.8, 4) is 0 Å². The summed E-state index contributed by atoms with van der Waals surface area (Å²) in [6.45, 7) is 5.32. The lowest BCUT2D eigenvalue weighted by atomic mass is 9.97. The Hall–Kier alpha value is -1.40. The maximum atomic E-state index is 12.6. The molecule has 0 unspecified atom stereocenters. The Morgan fingerprint density at radius 1 is 1.41 bits per heavy atom. The molecule has 22 heavy (non-hydrogen) atoms. The zero-order chi connectivity index (χ0) is 15.7. The summed E-state index contributed by atoms with van der Waals surface area (Å²) >= 11 is 2.99. The lowest BCUT2D eigenvalue weighted by Crippen LogP contribution is -2.39. The van der Waals surface area contributed by atoms with E-state index in [-0.39, 0.29) is 16.8 Å². The average Bonchev–Trinajstić information content (AvgIpc) is 3.11. The predicted octanol–water partition coefficient (Wildman–Crippen LogP) is 3.21. The molecule has 0 saturated heterocycles. The molecule has 0 radical (unpaired) electrons. The molecular weight excluding hydrogens is 316 g/mol. The van der Waals surface area contributed by atoms with E-state index in [0.717, 1.165) is 25.1 Å². The topological polar surface area (TPSA) is 42.3 Å². The molecule has 2 aromatic heterocycles. The van der Waals surface area contributed by atoms with E-state index < -0.39 is 0 Å². The van der Waals surface area contributed by atoms with Gasteiger partial charge in [0.25, 0.3) is 0 Å². The first-order valence-corrected chi connectivity index (χ1v) is 9.38. The third-order valence-electron chi connectivity index (χ3n) is 4.33. The molecule has 0 saturated carbocycles. The Morgan fingerprint density at radius 2 is 2.23 bits per heavy atom. The van der Waals surface area contributed by atoms with E-state index in [1.165, 1.54) is 21.8 Å². The molecule has 1 amide bonds. The van der Waals surface area contributed by atoms with Gasteiger partial charge in [-0.2, -0.15) is 0 Å². The standard InChI is InChI=1S/C16H20N2O2S2/c1-3-13-12-6-9-21-14(12)4-7-18(13)15(19)5-8-17-11(2)10-22-16(17)20/h6,9-10,13H,3-5,7-8H2,1-2H3/t13-/m1/s1. The number of hydrogen-bond donors (Lipinski definition) is 0. The second-order valence-electron chi connectivity index (χ2n) is 5.60. The molecular formula is C16H20N2O2S2.